The number of amides is 1. The van der Waals surface area contributed by atoms with Gasteiger partial charge in [-0.2, -0.15) is 5.10 Å². The minimum absolute atomic E-state index is 0.208. The van der Waals surface area contributed by atoms with Crippen LogP contribution >= 0.6 is 0 Å². The second-order valence-electron chi connectivity index (χ2n) is 4.16. The van der Waals surface area contributed by atoms with E-state index in [9.17, 15) is 9.59 Å². The van der Waals surface area contributed by atoms with Crippen molar-refractivity contribution in [2.75, 3.05) is 18.4 Å². The standard InChI is InChI=1S/C10H11N7O2/c18-9-2-1-8(14-15-9)12-10(19)7-5-17(16-13-7)6-3-11-4-6/h1-2,5-6,11H,3-4H2,(H,15,18)(H,12,14,19). The highest BCUT2D eigenvalue weighted by molar-refractivity contribution is 6.01. The Labute approximate surface area is 107 Å². The number of aromatic nitrogens is 5. The molecule has 0 radical (unpaired) electrons. The van der Waals surface area contributed by atoms with Crippen molar-refractivity contribution in [1.29, 1.82) is 0 Å². The van der Waals surface area contributed by atoms with E-state index in [0.717, 1.165) is 13.1 Å². The Morgan fingerprint density at radius 3 is 2.89 bits per heavy atom. The number of anilines is 1. The first-order valence-corrected chi connectivity index (χ1v) is 5.72. The van der Waals surface area contributed by atoms with E-state index in [1.807, 2.05) is 0 Å². The highest BCUT2D eigenvalue weighted by atomic mass is 16.2. The van der Waals surface area contributed by atoms with Crippen molar-refractivity contribution in [2.45, 2.75) is 6.04 Å². The predicted octanol–water partition coefficient (Wildman–Crippen LogP) is -1.24. The molecule has 1 aliphatic rings. The van der Waals surface area contributed by atoms with E-state index >= 15 is 0 Å². The van der Waals surface area contributed by atoms with Crippen molar-refractivity contribution < 1.29 is 4.79 Å². The Hall–Kier alpha value is -2.55. The summed E-state index contributed by atoms with van der Waals surface area (Å²) in [5, 5.41) is 19.2. The molecule has 3 heterocycles. The summed E-state index contributed by atoms with van der Waals surface area (Å²) in [6.07, 6.45) is 1.59. The molecule has 1 saturated heterocycles. The largest absolute Gasteiger partial charge is 0.312 e. The van der Waals surface area contributed by atoms with E-state index in [4.69, 9.17) is 0 Å². The molecule has 0 unspecified atom stereocenters. The van der Waals surface area contributed by atoms with E-state index in [1.54, 1.807) is 10.9 Å². The van der Waals surface area contributed by atoms with Gasteiger partial charge < -0.3 is 10.6 Å². The minimum atomic E-state index is -0.418. The summed E-state index contributed by atoms with van der Waals surface area (Å²) < 4.78 is 1.66. The summed E-state index contributed by atoms with van der Waals surface area (Å²) in [5.74, 6) is -0.164. The molecule has 1 aliphatic heterocycles. The number of aromatic amines is 1. The summed E-state index contributed by atoms with van der Waals surface area (Å²) in [5.41, 5.74) is -0.124. The van der Waals surface area contributed by atoms with Crippen LogP contribution in [0.4, 0.5) is 5.82 Å². The smallest absolute Gasteiger partial charge is 0.279 e. The summed E-state index contributed by atoms with van der Waals surface area (Å²) in [6, 6.07) is 2.94. The first kappa shape index (κ1) is 11.5. The number of carbonyl (C=O) groups excluding carboxylic acids is 1. The maximum atomic E-state index is 11.9. The number of nitrogens with zero attached hydrogens (tertiary/aromatic N) is 4. The predicted molar refractivity (Wildman–Crippen MR) is 64.7 cm³/mol. The lowest BCUT2D eigenvalue weighted by Gasteiger charge is -2.26. The van der Waals surface area contributed by atoms with Crippen molar-refractivity contribution in [1.82, 2.24) is 30.5 Å². The third-order valence-electron chi connectivity index (χ3n) is 2.80. The van der Waals surface area contributed by atoms with E-state index in [2.05, 4.69) is 31.1 Å². The quantitative estimate of drug-likeness (QED) is 0.636. The van der Waals surface area contributed by atoms with Gasteiger partial charge in [0.1, 0.15) is 0 Å². The monoisotopic (exact) mass is 261 g/mol. The zero-order chi connectivity index (χ0) is 13.2. The Balaban J connectivity index is 1.71. The van der Waals surface area contributed by atoms with Gasteiger partial charge in [0.25, 0.3) is 11.5 Å². The number of rotatable bonds is 3. The number of H-pyrrole nitrogens is 1. The van der Waals surface area contributed by atoms with Gasteiger partial charge in [0.2, 0.25) is 0 Å². The van der Waals surface area contributed by atoms with Gasteiger partial charge in [-0.25, -0.2) is 9.78 Å². The average Bonchev–Trinajstić information content (AvgIpc) is 2.79. The van der Waals surface area contributed by atoms with Crippen molar-refractivity contribution in [3.05, 3.63) is 34.4 Å². The van der Waals surface area contributed by atoms with E-state index < -0.39 is 5.91 Å². The zero-order valence-corrected chi connectivity index (χ0v) is 9.83. The Morgan fingerprint density at radius 1 is 1.42 bits per heavy atom. The van der Waals surface area contributed by atoms with Gasteiger partial charge in [0, 0.05) is 19.2 Å². The molecule has 1 fully saturated rings. The summed E-state index contributed by atoms with van der Waals surface area (Å²) in [6.45, 7) is 1.65. The third-order valence-corrected chi connectivity index (χ3v) is 2.80. The Morgan fingerprint density at radius 2 is 2.26 bits per heavy atom. The number of carbonyl (C=O) groups is 1. The molecule has 0 spiro atoms. The van der Waals surface area contributed by atoms with Crippen LogP contribution in [0.15, 0.2) is 23.1 Å². The highest BCUT2D eigenvalue weighted by Gasteiger charge is 2.21. The maximum absolute atomic E-state index is 11.9. The summed E-state index contributed by atoms with van der Waals surface area (Å²) in [7, 11) is 0. The molecule has 9 nitrogen and oxygen atoms in total. The molecule has 9 heteroatoms. The SMILES string of the molecule is O=C(Nc1ccc(=O)[nH]n1)c1cn(C2CNC2)nn1. The van der Waals surface area contributed by atoms with Gasteiger partial charge in [0.05, 0.1) is 12.2 Å². The van der Waals surface area contributed by atoms with Gasteiger partial charge in [-0.1, -0.05) is 5.21 Å². The maximum Gasteiger partial charge on any atom is 0.279 e. The second kappa shape index (κ2) is 4.61. The molecule has 0 bridgehead atoms. The number of hydrogen-bond donors (Lipinski definition) is 3. The molecular formula is C10H11N7O2. The molecule has 3 N–H and O–H groups in total. The molecule has 1 amide bonds. The van der Waals surface area contributed by atoms with Gasteiger partial charge in [-0.15, -0.1) is 5.10 Å². The number of hydrogen-bond acceptors (Lipinski definition) is 6. The van der Waals surface area contributed by atoms with Crippen LogP contribution in [0.25, 0.3) is 0 Å². The fourth-order valence-corrected chi connectivity index (χ4v) is 1.61. The van der Waals surface area contributed by atoms with Crippen LogP contribution in [0, 0.1) is 0 Å². The van der Waals surface area contributed by atoms with Crippen molar-refractivity contribution in [3.8, 4) is 0 Å². The van der Waals surface area contributed by atoms with Crippen molar-refractivity contribution in [2.24, 2.45) is 0 Å². The second-order valence-corrected chi connectivity index (χ2v) is 4.16. The molecule has 2 aromatic rings. The van der Waals surface area contributed by atoms with Crippen LogP contribution in [0.5, 0.6) is 0 Å². The van der Waals surface area contributed by atoms with Gasteiger partial charge in [0.15, 0.2) is 11.5 Å². The lowest BCUT2D eigenvalue weighted by molar-refractivity contribution is 0.102. The highest BCUT2D eigenvalue weighted by Crippen LogP contribution is 2.10. The van der Waals surface area contributed by atoms with E-state index in [1.165, 1.54) is 12.1 Å². The average molecular weight is 261 g/mol. The fraction of sp³-hybridized carbons (Fsp3) is 0.300. The van der Waals surface area contributed by atoms with E-state index in [-0.39, 0.29) is 23.1 Å². The molecule has 2 aromatic heterocycles. The molecule has 3 rings (SSSR count). The van der Waals surface area contributed by atoms with Crippen molar-refractivity contribution >= 4 is 11.7 Å². The lowest BCUT2D eigenvalue weighted by atomic mass is 10.2. The van der Waals surface area contributed by atoms with Crippen LogP contribution in [0.2, 0.25) is 0 Å². The van der Waals surface area contributed by atoms with Crippen LogP contribution in [-0.4, -0.2) is 44.2 Å². The minimum Gasteiger partial charge on any atom is -0.312 e. The Kier molecular flexibility index (Phi) is 2.80. The first-order valence-electron chi connectivity index (χ1n) is 5.72. The summed E-state index contributed by atoms with van der Waals surface area (Å²) >= 11 is 0. The van der Waals surface area contributed by atoms with Crippen LogP contribution in [0.1, 0.15) is 16.5 Å². The molecular weight excluding hydrogens is 250 g/mol. The molecule has 0 saturated carbocycles. The van der Waals surface area contributed by atoms with Crippen LogP contribution in [0.3, 0.4) is 0 Å². The van der Waals surface area contributed by atoms with Crippen molar-refractivity contribution in [3.63, 3.8) is 0 Å². The van der Waals surface area contributed by atoms with E-state index in [0.29, 0.717) is 0 Å². The first-order chi connectivity index (χ1) is 9.22. The van der Waals surface area contributed by atoms with Crippen LogP contribution < -0.4 is 16.2 Å². The number of nitrogens with one attached hydrogen (secondary N) is 3. The zero-order valence-electron chi connectivity index (χ0n) is 9.83. The van der Waals surface area contributed by atoms with Gasteiger partial charge in [-0.3, -0.25) is 9.59 Å². The summed E-state index contributed by atoms with van der Waals surface area (Å²) in [4.78, 5) is 22.7. The normalized spacial score (nSPS) is 14.9. The lowest BCUT2D eigenvalue weighted by Crippen LogP contribution is -2.43. The molecule has 98 valence electrons. The molecule has 19 heavy (non-hydrogen) atoms. The Bertz CT molecular complexity index is 637. The molecule has 0 atom stereocenters. The van der Waals surface area contributed by atoms with Gasteiger partial charge in [-0.05, 0) is 6.07 Å². The fourth-order valence-electron chi connectivity index (χ4n) is 1.61. The topological polar surface area (TPSA) is 118 Å². The molecule has 0 aliphatic carbocycles. The third kappa shape index (κ3) is 2.36. The molecule has 0 aromatic carbocycles. The van der Waals surface area contributed by atoms with Gasteiger partial charge >= 0.3 is 0 Å². The van der Waals surface area contributed by atoms with Crippen LogP contribution in [-0.2, 0) is 0 Å².